The third-order valence-electron chi connectivity index (χ3n) is 1.51. The lowest BCUT2D eigenvalue weighted by Crippen LogP contribution is -2.22. The summed E-state index contributed by atoms with van der Waals surface area (Å²) in [6, 6.07) is 2.03. The molecule has 3 nitrogen and oxygen atoms in total. The second-order valence-corrected chi connectivity index (χ2v) is 2.21. The van der Waals surface area contributed by atoms with Gasteiger partial charge in [0.2, 0.25) is 0 Å². The van der Waals surface area contributed by atoms with Crippen LogP contribution in [0.1, 0.15) is 6.42 Å². The Hall–Kier alpha value is -0.880. The van der Waals surface area contributed by atoms with E-state index in [1.54, 1.807) is 0 Å². The molecule has 0 spiro atoms. The van der Waals surface area contributed by atoms with Gasteiger partial charge in [0, 0.05) is 6.54 Å². The van der Waals surface area contributed by atoms with Crippen LogP contribution in [0.3, 0.4) is 0 Å². The fourth-order valence-corrected chi connectivity index (χ4v) is 0.969. The maximum absolute atomic E-state index is 10.1. The Morgan fingerprint density at radius 3 is 2.89 bits per heavy atom. The van der Waals surface area contributed by atoms with E-state index < -0.39 is 0 Å². The van der Waals surface area contributed by atoms with E-state index in [-0.39, 0.29) is 12.0 Å². The molecule has 0 radical (unpaired) electrons. The van der Waals surface area contributed by atoms with Gasteiger partial charge in [-0.1, -0.05) is 0 Å². The van der Waals surface area contributed by atoms with Crippen molar-refractivity contribution < 1.29 is 4.79 Å². The van der Waals surface area contributed by atoms with Crippen LogP contribution in [0.4, 0.5) is 0 Å². The third-order valence-corrected chi connectivity index (χ3v) is 1.51. The molecule has 0 aromatic carbocycles. The van der Waals surface area contributed by atoms with Crippen molar-refractivity contribution in [1.29, 1.82) is 5.26 Å². The minimum atomic E-state index is -0.0744. The lowest BCUT2D eigenvalue weighted by atomic mass is 10.1. The summed E-state index contributed by atoms with van der Waals surface area (Å²) in [6.07, 6.45) is 1.54. The van der Waals surface area contributed by atoms with Crippen LogP contribution in [0.5, 0.6) is 0 Å². The summed E-state index contributed by atoms with van der Waals surface area (Å²) >= 11 is 0. The summed E-state index contributed by atoms with van der Waals surface area (Å²) in [5.41, 5.74) is 0. The number of nitriles is 1. The molecule has 0 aliphatic carbocycles. The number of hydrogen-bond donors (Lipinski definition) is 1. The van der Waals surface area contributed by atoms with Crippen molar-refractivity contribution in [2.45, 2.75) is 12.5 Å². The molecule has 0 aromatic heterocycles. The average molecular weight is 124 g/mol. The Morgan fingerprint density at radius 1 is 1.78 bits per heavy atom. The van der Waals surface area contributed by atoms with E-state index in [1.807, 2.05) is 0 Å². The minimum absolute atomic E-state index is 0.0419. The molecule has 9 heavy (non-hydrogen) atoms. The van der Waals surface area contributed by atoms with E-state index >= 15 is 0 Å². The quantitative estimate of drug-likeness (QED) is 0.488. The molecule has 1 saturated heterocycles. The topological polar surface area (TPSA) is 52.9 Å². The Balaban J connectivity index is 2.39. The molecule has 1 fully saturated rings. The lowest BCUT2D eigenvalue weighted by molar-refractivity contribution is -0.109. The van der Waals surface area contributed by atoms with E-state index in [1.165, 1.54) is 0 Å². The maximum Gasteiger partial charge on any atom is 0.136 e. The monoisotopic (exact) mass is 124 g/mol. The predicted molar refractivity (Wildman–Crippen MR) is 31.6 cm³/mol. The zero-order valence-corrected chi connectivity index (χ0v) is 5.00. The Labute approximate surface area is 53.7 Å². The molecule has 1 N–H and O–H groups in total. The van der Waals surface area contributed by atoms with Gasteiger partial charge in [0.25, 0.3) is 0 Å². The van der Waals surface area contributed by atoms with Gasteiger partial charge in [-0.2, -0.15) is 5.26 Å². The van der Waals surface area contributed by atoms with Crippen LogP contribution in [-0.2, 0) is 4.79 Å². The van der Waals surface area contributed by atoms with E-state index in [4.69, 9.17) is 5.26 Å². The van der Waals surface area contributed by atoms with Crippen LogP contribution in [0.2, 0.25) is 0 Å². The minimum Gasteiger partial charge on any atom is -0.306 e. The first-order valence-electron chi connectivity index (χ1n) is 2.95. The second-order valence-electron chi connectivity index (χ2n) is 2.21. The average Bonchev–Trinajstić information content (AvgIpc) is 2.34. The van der Waals surface area contributed by atoms with Crippen LogP contribution in [0, 0.1) is 17.2 Å². The summed E-state index contributed by atoms with van der Waals surface area (Å²) in [6.45, 7) is 0.667. The van der Waals surface area contributed by atoms with Gasteiger partial charge in [0.1, 0.15) is 6.29 Å². The molecule has 2 unspecified atom stereocenters. The van der Waals surface area contributed by atoms with Crippen molar-refractivity contribution in [2.75, 3.05) is 6.54 Å². The van der Waals surface area contributed by atoms with Crippen molar-refractivity contribution in [3.05, 3.63) is 0 Å². The highest BCUT2D eigenvalue weighted by Gasteiger charge is 2.22. The zero-order valence-electron chi connectivity index (χ0n) is 5.00. The van der Waals surface area contributed by atoms with Gasteiger partial charge in [-0.05, 0) is 6.42 Å². The molecule has 1 aliphatic rings. The van der Waals surface area contributed by atoms with Crippen LogP contribution < -0.4 is 5.32 Å². The number of aldehydes is 1. The van der Waals surface area contributed by atoms with Crippen molar-refractivity contribution >= 4 is 6.29 Å². The maximum atomic E-state index is 10.1. The van der Waals surface area contributed by atoms with Crippen molar-refractivity contribution in [3.8, 4) is 6.07 Å². The van der Waals surface area contributed by atoms with E-state index in [9.17, 15) is 4.79 Å². The van der Waals surface area contributed by atoms with Crippen LogP contribution in [0.25, 0.3) is 0 Å². The van der Waals surface area contributed by atoms with Gasteiger partial charge in [0.05, 0.1) is 18.0 Å². The molecule has 0 saturated carbocycles. The number of carbonyl (C=O) groups excluding carboxylic acids is 1. The molecule has 3 heteroatoms. The number of nitrogens with zero attached hydrogens (tertiary/aromatic N) is 1. The molecule has 1 heterocycles. The summed E-state index contributed by atoms with van der Waals surface area (Å²) in [4.78, 5) is 10.1. The van der Waals surface area contributed by atoms with Gasteiger partial charge >= 0.3 is 0 Å². The molecule has 0 bridgehead atoms. The molecular weight excluding hydrogens is 116 g/mol. The Morgan fingerprint density at radius 2 is 2.56 bits per heavy atom. The molecule has 0 aromatic rings. The van der Waals surface area contributed by atoms with E-state index in [2.05, 4.69) is 11.4 Å². The van der Waals surface area contributed by atoms with Crippen molar-refractivity contribution in [3.63, 3.8) is 0 Å². The summed E-state index contributed by atoms with van der Waals surface area (Å²) in [5, 5.41) is 11.3. The van der Waals surface area contributed by atoms with E-state index in [0.717, 1.165) is 6.29 Å². The normalized spacial score (nSPS) is 33.7. The van der Waals surface area contributed by atoms with Gasteiger partial charge < -0.3 is 10.1 Å². The van der Waals surface area contributed by atoms with Gasteiger partial charge in [-0.3, -0.25) is 0 Å². The molecular formula is C6H8N2O. The summed E-state index contributed by atoms with van der Waals surface area (Å²) in [5.74, 6) is 0.0419. The van der Waals surface area contributed by atoms with Gasteiger partial charge in [0.15, 0.2) is 0 Å². The number of hydrogen-bond acceptors (Lipinski definition) is 3. The SMILES string of the molecule is N#CC1CNC(C=O)C1. The van der Waals surface area contributed by atoms with Crippen LogP contribution in [0.15, 0.2) is 0 Å². The summed E-state index contributed by atoms with van der Waals surface area (Å²) < 4.78 is 0. The highest BCUT2D eigenvalue weighted by Crippen LogP contribution is 2.10. The molecule has 1 aliphatic heterocycles. The fraction of sp³-hybridized carbons (Fsp3) is 0.667. The highest BCUT2D eigenvalue weighted by atomic mass is 16.1. The molecule has 0 amide bonds. The first-order chi connectivity index (χ1) is 4.36. The van der Waals surface area contributed by atoms with Crippen molar-refractivity contribution in [2.24, 2.45) is 5.92 Å². The predicted octanol–water partition coefficient (Wildman–Crippen LogP) is -0.313. The van der Waals surface area contributed by atoms with Gasteiger partial charge in [-0.25, -0.2) is 0 Å². The standard InChI is InChI=1S/C6H8N2O/c7-2-5-1-6(4-9)8-3-5/h4-6,8H,1,3H2. The smallest absolute Gasteiger partial charge is 0.136 e. The van der Waals surface area contributed by atoms with E-state index in [0.29, 0.717) is 13.0 Å². The fourth-order valence-electron chi connectivity index (χ4n) is 0.969. The number of nitrogens with one attached hydrogen (secondary N) is 1. The molecule has 2 atom stereocenters. The Kier molecular flexibility index (Phi) is 1.81. The van der Waals surface area contributed by atoms with Gasteiger partial charge in [-0.15, -0.1) is 0 Å². The molecule has 48 valence electrons. The van der Waals surface area contributed by atoms with Crippen LogP contribution >= 0.6 is 0 Å². The largest absolute Gasteiger partial charge is 0.306 e. The van der Waals surface area contributed by atoms with Crippen LogP contribution in [-0.4, -0.2) is 18.9 Å². The first-order valence-corrected chi connectivity index (χ1v) is 2.95. The number of rotatable bonds is 1. The second kappa shape index (κ2) is 2.60. The Bertz CT molecular complexity index is 150. The first kappa shape index (κ1) is 6.24. The van der Waals surface area contributed by atoms with Crippen molar-refractivity contribution in [1.82, 2.24) is 5.32 Å². The molecule has 1 rings (SSSR count). The number of carbonyl (C=O) groups is 1. The summed E-state index contributed by atoms with van der Waals surface area (Å²) in [7, 11) is 0. The lowest BCUT2D eigenvalue weighted by Gasteiger charge is -1.94. The highest BCUT2D eigenvalue weighted by molar-refractivity contribution is 5.58. The third kappa shape index (κ3) is 1.27. The zero-order chi connectivity index (χ0) is 6.69.